The summed E-state index contributed by atoms with van der Waals surface area (Å²) in [4.78, 5) is 29.0. The summed E-state index contributed by atoms with van der Waals surface area (Å²) in [6, 6.07) is 7.65. The second-order valence-corrected chi connectivity index (χ2v) is 7.89. The van der Waals surface area contributed by atoms with Gasteiger partial charge in [-0.25, -0.2) is 4.39 Å². The van der Waals surface area contributed by atoms with E-state index in [0.29, 0.717) is 5.56 Å². The van der Waals surface area contributed by atoms with E-state index in [1.807, 2.05) is 0 Å². The van der Waals surface area contributed by atoms with Gasteiger partial charge in [0.05, 0.1) is 5.56 Å². The molecule has 1 fully saturated rings. The van der Waals surface area contributed by atoms with Crippen molar-refractivity contribution in [2.24, 2.45) is 0 Å². The summed E-state index contributed by atoms with van der Waals surface area (Å²) < 4.78 is 53.1. The SMILES string of the molecule is O=C(NCc1cc(F)cc(Cl)c1)C1(O)CCN(c2ccc3[nH]cc(C(F)(F)F)c3c2)C1=O. The van der Waals surface area contributed by atoms with Gasteiger partial charge in [-0.15, -0.1) is 0 Å². The molecule has 1 saturated heterocycles. The number of H-pyrrole nitrogens is 1. The molecule has 0 radical (unpaired) electrons. The maximum atomic E-state index is 13.4. The Morgan fingerprint density at radius 1 is 1.25 bits per heavy atom. The lowest BCUT2D eigenvalue weighted by Crippen LogP contribution is -2.52. The molecule has 2 aromatic carbocycles. The highest BCUT2D eigenvalue weighted by Crippen LogP contribution is 2.37. The molecule has 4 rings (SSSR count). The van der Waals surface area contributed by atoms with E-state index in [9.17, 15) is 32.3 Å². The predicted molar refractivity (Wildman–Crippen MR) is 108 cm³/mol. The van der Waals surface area contributed by atoms with Crippen LogP contribution in [0.1, 0.15) is 17.5 Å². The highest BCUT2D eigenvalue weighted by Gasteiger charge is 2.51. The minimum Gasteiger partial charge on any atom is -0.372 e. The third-order valence-electron chi connectivity index (χ3n) is 5.33. The topological polar surface area (TPSA) is 85.4 Å². The second-order valence-electron chi connectivity index (χ2n) is 7.46. The van der Waals surface area contributed by atoms with Gasteiger partial charge in [0.2, 0.25) is 5.60 Å². The zero-order valence-electron chi connectivity index (χ0n) is 16.3. The smallest absolute Gasteiger partial charge is 0.372 e. The highest BCUT2D eigenvalue weighted by atomic mass is 35.5. The summed E-state index contributed by atoms with van der Waals surface area (Å²) in [5, 5.41) is 13.1. The molecule has 1 atom stereocenters. The predicted octanol–water partition coefficient (Wildman–Crippen LogP) is 3.76. The number of halogens is 5. The van der Waals surface area contributed by atoms with E-state index < -0.39 is 35.0 Å². The van der Waals surface area contributed by atoms with E-state index in [4.69, 9.17) is 11.6 Å². The van der Waals surface area contributed by atoms with Crippen molar-refractivity contribution in [3.8, 4) is 0 Å². The van der Waals surface area contributed by atoms with Gasteiger partial charge in [-0.2, -0.15) is 13.2 Å². The fourth-order valence-corrected chi connectivity index (χ4v) is 3.96. The Labute approximate surface area is 183 Å². The van der Waals surface area contributed by atoms with Gasteiger partial charge in [-0.1, -0.05) is 11.6 Å². The number of hydrogen-bond donors (Lipinski definition) is 3. The number of amides is 2. The van der Waals surface area contributed by atoms with Crippen LogP contribution in [0, 0.1) is 5.82 Å². The Balaban J connectivity index is 1.54. The van der Waals surface area contributed by atoms with E-state index in [2.05, 4.69) is 10.3 Å². The Morgan fingerprint density at radius 3 is 2.69 bits per heavy atom. The minimum atomic E-state index is -4.59. The standard InChI is InChI=1S/C21H16ClF4N3O3/c22-12-5-11(6-13(23)7-12)9-28-18(30)20(32)3-4-29(19(20)31)14-1-2-17-15(8-14)16(10-27-17)21(24,25)26/h1-2,5-8,10,27,32H,3-4,9H2,(H,28,30). The van der Waals surface area contributed by atoms with Crippen LogP contribution in [-0.2, 0) is 22.3 Å². The average molecular weight is 470 g/mol. The lowest BCUT2D eigenvalue weighted by molar-refractivity contribution is -0.149. The number of nitrogens with zero attached hydrogens (tertiary/aromatic N) is 1. The van der Waals surface area contributed by atoms with Crippen LogP contribution >= 0.6 is 11.6 Å². The summed E-state index contributed by atoms with van der Waals surface area (Å²) in [6.45, 7) is -0.262. The number of fused-ring (bicyclic) bond motifs is 1. The number of alkyl halides is 3. The summed E-state index contributed by atoms with van der Waals surface area (Å²) in [5.41, 5.74) is -2.62. The van der Waals surface area contributed by atoms with E-state index >= 15 is 0 Å². The first kappa shape index (κ1) is 22.1. The van der Waals surface area contributed by atoms with Crippen molar-refractivity contribution in [2.75, 3.05) is 11.4 Å². The van der Waals surface area contributed by atoms with Crippen molar-refractivity contribution in [1.82, 2.24) is 10.3 Å². The van der Waals surface area contributed by atoms with Gasteiger partial charge >= 0.3 is 6.18 Å². The van der Waals surface area contributed by atoms with E-state index in [1.54, 1.807) is 0 Å². The number of rotatable bonds is 4. The van der Waals surface area contributed by atoms with Crippen LogP contribution in [0.4, 0.5) is 23.2 Å². The second kappa shape index (κ2) is 7.79. The zero-order chi connectivity index (χ0) is 23.3. The van der Waals surface area contributed by atoms with Gasteiger partial charge in [-0.3, -0.25) is 9.59 Å². The summed E-state index contributed by atoms with van der Waals surface area (Å²) >= 11 is 5.77. The largest absolute Gasteiger partial charge is 0.418 e. The normalized spacial score (nSPS) is 19.1. The van der Waals surface area contributed by atoms with Gasteiger partial charge in [-0.05, 0) is 42.0 Å². The van der Waals surface area contributed by atoms with Crippen molar-refractivity contribution in [3.63, 3.8) is 0 Å². The monoisotopic (exact) mass is 469 g/mol. The number of carbonyl (C=O) groups is 2. The number of anilines is 1. The lowest BCUT2D eigenvalue weighted by Gasteiger charge is -2.22. The van der Waals surface area contributed by atoms with Crippen molar-refractivity contribution >= 4 is 40.0 Å². The molecule has 1 aromatic heterocycles. The molecule has 0 spiro atoms. The van der Waals surface area contributed by atoms with Crippen LogP contribution in [-0.4, -0.2) is 34.1 Å². The maximum absolute atomic E-state index is 13.4. The maximum Gasteiger partial charge on any atom is 0.418 e. The minimum absolute atomic E-state index is 0.0776. The van der Waals surface area contributed by atoms with Crippen molar-refractivity contribution < 1.29 is 32.3 Å². The first-order valence-electron chi connectivity index (χ1n) is 9.45. The van der Waals surface area contributed by atoms with Gasteiger partial charge in [0.1, 0.15) is 5.82 Å². The molecule has 2 heterocycles. The number of aromatic amines is 1. The Morgan fingerprint density at radius 2 is 2.00 bits per heavy atom. The van der Waals surface area contributed by atoms with Crippen LogP contribution in [0.3, 0.4) is 0 Å². The van der Waals surface area contributed by atoms with E-state index in [1.165, 1.54) is 24.3 Å². The summed E-state index contributed by atoms with van der Waals surface area (Å²) in [7, 11) is 0. The van der Waals surface area contributed by atoms with Crippen LogP contribution in [0.2, 0.25) is 5.02 Å². The van der Waals surface area contributed by atoms with Gasteiger partial charge in [0, 0.05) is 47.3 Å². The summed E-state index contributed by atoms with van der Waals surface area (Å²) in [5.74, 6) is -2.57. The van der Waals surface area contributed by atoms with Crippen LogP contribution in [0.25, 0.3) is 10.9 Å². The lowest BCUT2D eigenvalue weighted by atomic mass is 10.0. The molecular weight excluding hydrogens is 454 g/mol. The molecular formula is C21H16ClF4N3O3. The molecule has 1 aliphatic heterocycles. The average Bonchev–Trinajstić information content (AvgIpc) is 3.27. The molecule has 6 nitrogen and oxygen atoms in total. The molecule has 2 amide bonds. The zero-order valence-corrected chi connectivity index (χ0v) is 17.0. The molecule has 1 unspecified atom stereocenters. The molecule has 11 heteroatoms. The first-order chi connectivity index (χ1) is 15.0. The molecule has 0 saturated carbocycles. The Hall–Kier alpha value is -3.11. The first-order valence-corrected chi connectivity index (χ1v) is 9.83. The number of aliphatic hydroxyl groups is 1. The highest BCUT2D eigenvalue weighted by molar-refractivity contribution is 6.30. The fourth-order valence-electron chi connectivity index (χ4n) is 3.71. The molecule has 0 aliphatic carbocycles. The van der Waals surface area contributed by atoms with Gasteiger partial charge in [0.25, 0.3) is 11.8 Å². The van der Waals surface area contributed by atoms with Gasteiger partial charge < -0.3 is 20.3 Å². The molecule has 0 bridgehead atoms. The number of benzene rings is 2. The number of hydrogen-bond acceptors (Lipinski definition) is 3. The molecule has 32 heavy (non-hydrogen) atoms. The third kappa shape index (κ3) is 3.91. The van der Waals surface area contributed by atoms with Crippen molar-refractivity contribution in [1.29, 1.82) is 0 Å². The van der Waals surface area contributed by atoms with E-state index in [0.717, 1.165) is 23.2 Å². The molecule has 168 valence electrons. The molecule has 1 aliphatic rings. The molecule has 3 N–H and O–H groups in total. The third-order valence-corrected chi connectivity index (χ3v) is 5.55. The Bertz CT molecular complexity index is 1210. The van der Waals surface area contributed by atoms with Crippen LogP contribution in [0.5, 0.6) is 0 Å². The van der Waals surface area contributed by atoms with Crippen LogP contribution in [0.15, 0.2) is 42.6 Å². The number of aromatic nitrogens is 1. The van der Waals surface area contributed by atoms with Crippen LogP contribution < -0.4 is 10.2 Å². The van der Waals surface area contributed by atoms with Crippen molar-refractivity contribution in [2.45, 2.75) is 24.7 Å². The Kier molecular flexibility index (Phi) is 5.38. The fraction of sp³-hybridized carbons (Fsp3) is 0.238. The number of carbonyl (C=O) groups excluding carboxylic acids is 2. The van der Waals surface area contributed by atoms with Crippen molar-refractivity contribution in [3.05, 3.63) is 64.6 Å². The van der Waals surface area contributed by atoms with Gasteiger partial charge in [0.15, 0.2) is 0 Å². The van der Waals surface area contributed by atoms with E-state index in [-0.39, 0.29) is 41.1 Å². The molecule has 3 aromatic rings. The number of nitrogens with one attached hydrogen (secondary N) is 2. The summed E-state index contributed by atoms with van der Waals surface area (Å²) in [6.07, 6.45) is -4.02. The quantitative estimate of drug-likeness (QED) is 0.402.